The van der Waals surface area contributed by atoms with Crippen molar-refractivity contribution in [3.8, 4) is 11.4 Å². The SMILES string of the molecule is Cn1nnnc1-c1ccc(NC(=O)C(C)(C)C)cc1. The van der Waals surface area contributed by atoms with Gasteiger partial charge in [0, 0.05) is 23.7 Å². The first-order chi connectivity index (χ1) is 8.88. The summed E-state index contributed by atoms with van der Waals surface area (Å²) in [5.41, 5.74) is 1.26. The Morgan fingerprint density at radius 2 is 1.84 bits per heavy atom. The van der Waals surface area contributed by atoms with Gasteiger partial charge in [-0.05, 0) is 34.7 Å². The van der Waals surface area contributed by atoms with Gasteiger partial charge in [0.1, 0.15) is 0 Å². The molecule has 0 saturated heterocycles. The molecule has 0 radical (unpaired) electrons. The molecule has 0 aliphatic rings. The highest BCUT2D eigenvalue weighted by atomic mass is 16.2. The van der Waals surface area contributed by atoms with E-state index in [4.69, 9.17) is 0 Å². The Morgan fingerprint density at radius 1 is 1.21 bits per heavy atom. The van der Waals surface area contributed by atoms with E-state index >= 15 is 0 Å². The van der Waals surface area contributed by atoms with E-state index in [9.17, 15) is 4.79 Å². The van der Waals surface area contributed by atoms with Crippen molar-refractivity contribution in [1.29, 1.82) is 0 Å². The van der Waals surface area contributed by atoms with E-state index in [1.54, 1.807) is 11.7 Å². The zero-order chi connectivity index (χ0) is 14.0. The van der Waals surface area contributed by atoms with Gasteiger partial charge in [0.2, 0.25) is 5.91 Å². The lowest BCUT2D eigenvalue weighted by molar-refractivity contribution is -0.123. The van der Waals surface area contributed by atoms with Gasteiger partial charge in [0.05, 0.1) is 0 Å². The summed E-state index contributed by atoms with van der Waals surface area (Å²) in [6, 6.07) is 7.44. The van der Waals surface area contributed by atoms with E-state index in [0.29, 0.717) is 5.82 Å². The van der Waals surface area contributed by atoms with Crippen LogP contribution < -0.4 is 5.32 Å². The number of rotatable bonds is 2. The number of carbonyl (C=O) groups is 1. The Bertz CT molecular complexity index is 580. The Morgan fingerprint density at radius 3 is 2.32 bits per heavy atom. The summed E-state index contributed by atoms with van der Waals surface area (Å²) in [4.78, 5) is 11.9. The molecule has 1 aromatic heterocycles. The van der Waals surface area contributed by atoms with Crippen molar-refractivity contribution in [1.82, 2.24) is 20.2 Å². The van der Waals surface area contributed by atoms with Crippen LogP contribution in [-0.2, 0) is 11.8 Å². The number of aromatic nitrogens is 4. The molecule has 1 amide bonds. The molecule has 1 N–H and O–H groups in total. The van der Waals surface area contributed by atoms with Crippen molar-refractivity contribution in [3.05, 3.63) is 24.3 Å². The number of tetrazole rings is 1. The van der Waals surface area contributed by atoms with E-state index in [1.807, 2.05) is 45.0 Å². The van der Waals surface area contributed by atoms with Crippen LogP contribution in [0.1, 0.15) is 20.8 Å². The first-order valence-electron chi connectivity index (χ1n) is 6.02. The summed E-state index contributed by atoms with van der Waals surface area (Å²) >= 11 is 0. The lowest BCUT2D eigenvalue weighted by Gasteiger charge is -2.17. The van der Waals surface area contributed by atoms with Crippen LogP contribution in [0.25, 0.3) is 11.4 Å². The van der Waals surface area contributed by atoms with Gasteiger partial charge in [-0.3, -0.25) is 4.79 Å². The monoisotopic (exact) mass is 259 g/mol. The summed E-state index contributed by atoms with van der Waals surface area (Å²) in [6.45, 7) is 5.63. The largest absolute Gasteiger partial charge is 0.326 e. The van der Waals surface area contributed by atoms with E-state index in [0.717, 1.165) is 11.3 Å². The van der Waals surface area contributed by atoms with Crippen LogP contribution in [0.3, 0.4) is 0 Å². The van der Waals surface area contributed by atoms with Gasteiger partial charge in [-0.2, -0.15) is 0 Å². The van der Waals surface area contributed by atoms with Crippen LogP contribution in [-0.4, -0.2) is 26.1 Å². The van der Waals surface area contributed by atoms with E-state index in [1.165, 1.54) is 0 Å². The third-order valence-electron chi connectivity index (χ3n) is 2.70. The zero-order valence-electron chi connectivity index (χ0n) is 11.5. The van der Waals surface area contributed by atoms with Gasteiger partial charge >= 0.3 is 0 Å². The molecule has 6 heteroatoms. The molecule has 100 valence electrons. The number of carbonyl (C=O) groups excluding carboxylic acids is 1. The summed E-state index contributed by atoms with van der Waals surface area (Å²) in [7, 11) is 1.78. The minimum atomic E-state index is -0.411. The molecule has 0 aliphatic carbocycles. The van der Waals surface area contributed by atoms with Gasteiger partial charge in [-0.15, -0.1) is 5.10 Å². The summed E-state index contributed by atoms with van der Waals surface area (Å²) in [6.07, 6.45) is 0. The van der Waals surface area contributed by atoms with Crippen molar-refractivity contribution in [2.75, 3.05) is 5.32 Å². The van der Waals surface area contributed by atoms with Crippen LogP contribution >= 0.6 is 0 Å². The smallest absolute Gasteiger partial charge is 0.229 e. The maximum Gasteiger partial charge on any atom is 0.229 e. The van der Waals surface area contributed by atoms with Crippen molar-refractivity contribution >= 4 is 11.6 Å². The number of nitrogens with zero attached hydrogens (tertiary/aromatic N) is 4. The highest BCUT2D eigenvalue weighted by Crippen LogP contribution is 2.20. The number of amides is 1. The molecule has 1 heterocycles. The second kappa shape index (κ2) is 4.79. The number of nitrogens with one attached hydrogen (secondary N) is 1. The molecule has 0 atom stereocenters. The fourth-order valence-electron chi connectivity index (χ4n) is 1.50. The summed E-state index contributed by atoms with van der Waals surface area (Å²) in [5, 5.41) is 14.2. The molecular weight excluding hydrogens is 242 g/mol. The number of hydrogen-bond donors (Lipinski definition) is 1. The summed E-state index contributed by atoms with van der Waals surface area (Å²) in [5.74, 6) is 0.675. The number of anilines is 1. The van der Waals surface area contributed by atoms with Gasteiger partial charge in [-0.25, -0.2) is 4.68 Å². The average molecular weight is 259 g/mol. The Kier molecular flexibility index (Phi) is 3.33. The average Bonchev–Trinajstić information content (AvgIpc) is 2.75. The topological polar surface area (TPSA) is 72.7 Å². The molecule has 0 aliphatic heterocycles. The quantitative estimate of drug-likeness (QED) is 0.893. The molecule has 1 aromatic carbocycles. The maximum atomic E-state index is 11.9. The molecule has 0 fully saturated rings. The van der Waals surface area contributed by atoms with Crippen molar-refractivity contribution in [2.45, 2.75) is 20.8 Å². The number of benzene rings is 1. The van der Waals surface area contributed by atoms with Crippen LogP contribution in [0.5, 0.6) is 0 Å². The van der Waals surface area contributed by atoms with E-state index in [2.05, 4.69) is 20.8 Å². The van der Waals surface area contributed by atoms with Crippen LogP contribution in [0.15, 0.2) is 24.3 Å². The van der Waals surface area contributed by atoms with Crippen LogP contribution in [0.4, 0.5) is 5.69 Å². The van der Waals surface area contributed by atoms with E-state index in [-0.39, 0.29) is 5.91 Å². The van der Waals surface area contributed by atoms with Crippen molar-refractivity contribution in [2.24, 2.45) is 12.5 Å². The third-order valence-corrected chi connectivity index (χ3v) is 2.70. The lowest BCUT2D eigenvalue weighted by Crippen LogP contribution is -2.27. The molecule has 2 rings (SSSR count). The molecule has 0 unspecified atom stereocenters. The molecule has 0 bridgehead atoms. The minimum Gasteiger partial charge on any atom is -0.326 e. The van der Waals surface area contributed by atoms with Crippen LogP contribution in [0.2, 0.25) is 0 Å². The van der Waals surface area contributed by atoms with Gasteiger partial charge < -0.3 is 5.32 Å². The van der Waals surface area contributed by atoms with Gasteiger partial charge in [0.25, 0.3) is 0 Å². The lowest BCUT2D eigenvalue weighted by atomic mass is 9.95. The van der Waals surface area contributed by atoms with E-state index < -0.39 is 5.41 Å². The molecule has 2 aromatic rings. The molecule has 6 nitrogen and oxygen atoms in total. The fourth-order valence-corrected chi connectivity index (χ4v) is 1.50. The first kappa shape index (κ1) is 13.2. The molecule has 19 heavy (non-hydrogen) atoms. The Labute approximate surface area is 111 Å². The van der Waals surface area contributed by atoms with Gasteiger partial charge in [-0.1, -0.05) is 20.8 Å². The summed E-state index contributed by atoms with van der Waals surface area (Å²) < 4.78 is 1.60. The standard InChI is InChI=1S/C13H17N5O/c1-13(2,3)12(19)14-10-7-5-9(6-8-10)11-15-16-17-18(11)4/h5-8H,1-4H3,(H,14,19). The number of hydrogen-bond acceptors (Lipinski definition) is 4. The fraction of sp³-hybridized carbons (Fsp3) is 0.385. The normalized spacial score (nSPS) is 11.4. The van der Waals surface area contributed by atoms with Crippen molar-refractivity contribution < 1.29 is 4.79 Å². The Balaban J connectivity index is 2.16. The zero-order valence-corrected chi connectivity index (χ0v) is 11.5. The predicted molar refractivity (Wildman–Crippen MR) is 72.3 cm³/mol. The second-order valence-electron chi connectivity index (χ2n) is 5.41. The Hall–Kier alpha value is -2.24. The predicted octanol–water partition coefficient (Wildman–Crippen LogP) is 1.86. The van der Waals surface area contributed by atoms with Crippen LogP contribution in [0, 0.1) is 5.41 Å². The number of aryl methyl sites for hydroxylation is 1. The first-order valence-corrected chi connectivity index (χ1v) is 6.02. The third kappa shape index (κ3) is 2.96. The van der Waals surface area contributed by atoms with Crippen molar-refractivity contribution in [3.63, 3.8) is 0 Å². The highest BCUT2D eigenvalue weighted by molar-refractivity contribution is 5.94. The molecule has 0 spiro atoms. The van der Waals surface area contributed by atoms with Gasteiger partial charge in [0.15, 0.2) is 5.82 Å². The molecule has 0 saturated carbocycles. The second-order valence-corrected chi connectivity index (χ2v) is 5.41. The minimum absolute atomic E-state index is 0.0134. The maximum absolute atomic E-state index is 11.9. The molecular formula is C13H17N5O. The highest BCUT2D eigenvalue weighted by Gasteiger charge is 2.21.